The van der Waals surface area contributed by atoms with Gasteiger partial charge in [-0.05, 0) is 37.3 Å². The van der Waals surface area contributed by atoms with E-state index in [0.29, 0.717) is 11.8 Å². The minimum Gasteiger partial charge on any atom is -0.300 e. The second kappa shape index (κ2) is 4.47. The fourth-order valence-electron chi connectivity index (χ4n) is 3.92. The van der Waals surface area contributed by atoms with Crippen LogP contribution in [-0.4, -0.2) is 9.55 Å². The summed E-state index contributed by atoms with van der Waals surface area (Å²) in [4.78, 5) is 4.72. The van der Waals surface area contributed by atoms with Gasteiger partial charge in [0.2, 0.25) is 0 Å². The van der Waals surface area contributed by atoms with Crippen LogP contribution in [0.4, 0.5) is 0 Å². The van der Waals surface area contributed by atoms with E-state index in [1.807, 2.05) is 0 Å². The maximum absolute atomic E-state index is 4.72. The Morgan fingerprint density at radius 3 is 2.60 bits per heavy atom. The van der Waals surface area contributed by atoms with Gasteiger partial charge in [0.15, 0.2) is 0 Å². The van der Waals surface area contributed by atoms with Gasteiger partial charge < -0.3 is 4.57 Å². The molecule has 2 heteroatoms. The van der Waals surface area contributed by atoms with Crippen LogP contribution in [0.25, 0.3) is 16.7 Å². The smallest absolute Gasteiger partial charge is 0.111 e. The first-order valence-corrected chi connectivity index (χ1v) is 7.58. The van der Waals surface area contributed by atoms with E-state index in [1.54, 1.807) is 0 Å². The van der Waals surface area contributed by atoms with E-state index in [-0.39, 0.29) is 5.41 Å². The second-order valence-electron chi connectivity index (χ2n) is 6.88. The predicted octanol–water partition coefficient (Wildman–Crippen LogP) is 4.89. The molecule has 0 aliphatic heterocycles. The van der Waals surface area contributed by atoms with Crippen LogP contribution in [0.1, 0.15) is 39.9 Å². The van der Waals surface area contributed by atoms with Crippen LogP contribution >= 0.6 is 0 Å². The fraction of sp³-hybridized carbons (Fsp3) is 0.500. The quantitative estimate of drug-likeness (QED) is 0.758. The number of benzene rings is 1. The molecule has 0 spiro atoms. The van der Waals surface area contributed by atoms with Gasteiger partial charge in [-0.25, -0.2) is 4.98 Å². The van der Waals surface area contributed by atoms with E-state index in [0.717, 1.165) is 11.3 Å². The van der Waals surface area contributed by atoms with Crippen molar-refractivity contribution >= 4 is 16.7 Å². The summed E-state index contributed by atoms with van der Waals surface area (Å²) in [6.45, 7) is 11.5. The van der Waals surface area contributed by atoms with Gasteiger partial charge in [0.1, 0.15) is 5.82 Å². The molecule has 0 saturated carbocycles. The van der Waals surface area contributed by atoms with Gasteiger partial charge in [-0.2, -0.15) is 0 Å². The van der Waals surface area contributed by atoms with Gasteiger partial charge in [-0.1, -0.05) is 45.9 Å². The summed E-state index contributed by atoms with van der Waals surface area (Å²) in [5.41, 5.74) is 3.94. The number of allylic oxidation sites excluding steroid dienone is 2. The number of para-hydroxylation sites is 2. The maximum atomic E-state index is 4.72. The Hall–Kier alpha value is -1.57. The molecule has 0 N–H and O–H groups in total. The highest BCUT2D eigenvalue weighted by Crippen LogP contribution is 2.49. The Morgan fingerprint density at radius 2 is 1.95 bits per heavy atom. The number of fused-ring (bicyclic) bond motifs is 1. The van der Waals surface area contributed by atoms with Gasteiger partial charge in [0.25, 0.3) is 0 Å². The lowest BCUT2D eigenvalue weighted by molar-refractivity contribution is 0.236. The molecule has 106 valence electrons. The third-order valence-corrected chi connectivity index (χ3v) is 4.93. The molecular weight excluding hydrogens is 244 g/mol. The highest BCUT2D eigenvalue weighted by Gasteiger charge is 2.40. The van der Waals surface area contributed by atoms with Crippen LogP contribution in [0.5, 0.6) is 0 Å². The third-order valence-electron chi connectivity index (χ3n) is 4.93. The standard InChI is InChI=1S/C18H24N2/c1-12(2)14-10-11-17(18(14,4)5)20-13(3)19-15-8-6-7-9-16(15)20/h6-9,11-12,14H,10H2,1-5H3. The molecule has 1 atom stereocenters. The van der Waals surface area contributed by atoms with E-state index >= 15 is 0 Å². The Bertz CT molecular complexity index is 674. The van der Waals surface area contributed by atoms with Crippen molar-refractivity contribution in [2.24, 2.45) is 17.3 Å². The van der Waals surface area contributed by atoms with Crippen LogP contribution in [0.2, 0.25) is 0 Å². The Morgan fingerprint density at radius 1 is 1.25 bits per heavy atom. The van der Waals surface area contributed by atoms with Crippen LogP contribution in [0.3, 0.4) is 0 Å². The molecule has 2 nitrogen and oxygen atoms in total. The summed E-state index contributed by atoms with van der Waals surface area (Å²) in [7, 11) is 0. The van der Waals surface area contributed by atoms with Crippen LogP contribution in [-0.2, 0) is 0 Å². The predicted molar refractivity (Wildman–Crippen MR) is 85.5 cm³/mol. The first-order valence-electron chi connectivity index (χ1n) is 7.58. The Kier molecular flexibility index (Phi) is 3.00. The van der Waals surface area contributed by atoms with E-state index < -0.39 is 0 Å². The summed E-state index contributed by atoms with van der Waals surface area (Å²) < 4.78 is 2.36. The monoisotopic (exact) mass is 268 g/mol. The molecule has 1 aromatic carbocycles. The molecule has 1 aromatic heterocycles. The first kappa shape index (κ1) is 13.4. The number of imidazole rings is 1. The Balaban J connectivity index is 2.15. The minimum atomic E-state index is 0.197. The van der Waals surface area contributed by atoms with Gasteiger partial charge in [0, 0.05) is 11.1 Å². The molecule has 2 aromatic rings. The molecule has 1 aliphatic rings. The van der Waals surface area contributed by atoms with Crippen molar-refractivity contribution in [3.8, 4) is 0 Å². The van der Waals surface area contributed by atoms with Crippen LogP contribution < -0.4 is 0 Å². The summed E-state index contributed by atoms with van der Waals surface area (Å²) in [6.07, 6.45) is 3.59. The minimum absolute atomic E-state index is 0.197. The first-order chi connectivity index (χ1) is 9.43. The van der Waals surface area contributed by atoms with Crippen LogP contribution in [0.15, 0.2) is 30.3 Å². The summed E-state index contributed by atoms with van der Waals surface area (Å²) in [5, 5.41) is 0. The number of nitrogens with zero attached hydrogens (tertiary/aromatic N) is 2. The molecule has 20 heavy (non-hydrogen) atoms. The van der Waals surface area contributed by atoms with Crippen molar-refractivity contribution in [1.82, 2.24) is 9.55 Å². The molecule has 0 saturated heterocycles. The van der Waals surface area contributed by atoms with Gasteiger partial charge >= 0.3 is 0 Å². The molecule has 3 rings (SSSR count). The van der Waals surface area contributed by atoms with Gasteiger partial charge in [-0.15, -0.1) is 0 Å². The number of hydrogen-bond donors (Lipinski definition) is 0. The van der Waals surface area contributed by atoms with Crippen LogP contribution in [0, 0.1) is 24.2 Å². The zero-order valence-corrected chi connectivity index (χ0v) is 13.1. The zero-order valence-electron chi connectivity index (χ0n) is 13.1. The lowest BCUT2D eigenvalue weighted by atomic mass is 9.74. The maximum Gasteiger partial charge on any atom is 0.111 e. The highest BCUT2D eigenvalue weighted by molar-refractivity contribution is 5.81. The lowest BCUT2D eigenvalue weighted by Crippen LogP contribution is -2.27. The number of rotatable bonds is 2. The van der Waals surface area contributed by atoms with Gasteiger partial charge in [-0.3, -0.25) is 0 Å². The average Bonchev–Trinajstić information content (AvgIpc) is 2.84. The SMILES string of the molecule is Cc1nc2ccccc2n1C1=CCC(C(C)C)C1(C)C. The molecular formula is C18H24N2. The fourth-order valence-corrected chi connectivity index (χ4v) is 3.92. The normalized spacial score (nSPS) is 21.7. The molecule has 0 bridgehead atoms. The molecule has 0 amide bonds. The number of aryl methyl sites for hydroxylation is 1. The number of hydrogen-bond acceptors (Lipinski definition) is 1. The summed E-state index contributed by atoms with van der Waals surface area (Å²) >= 11 is 0. The van der Waals surface area contributed by atoms with Crippen molar-refractivity contribution in [2.75, 3.05) is 0 Å². The van der Waals surface area contributed by atoms with Gasteiger partial charge in [0.05, 0.1) is 11.0 Å². The lowest BCUT2D eigenvalue weighted by Gasteiger charge is -2.34. The average molecular weight is 268 g/mol. The molecule has 1 unspecified atom stereocenters. The van der Waals surface area contributed by atoms with E-state index in [1.165, 1.54) is 17.6 Å². The summed E-state index contributed by atoms with van der Waals surface area (Å²) in [5.74, 6) is 2.50. The van der Waals surface area contributed by atoms with Crippen molar-refractivity contribution in [2.45, 2.75) is 41.0 Å². The van der Waals surface area contributed by atoms with Crippen molar-refractivity contribution < 1.29 is 0 Å². The summed E-state index contributed by atoms with van der Waals surface area (Å²) in [6, 6.07) is 8.43. The van der Waals surface area contributed by atoms with E-state index in [2.05, 4.69) is 69.5 Å². The van der Waals surface area contributed by atoms with Crippen molar-refractivity contribution in [3.05, 3.63) is 36.2 Å². The second-order valence-corrected chi connectivity index (χ2v) is 6.88. The Labute approximate surface area is 121 Å². The highest BCUT2D eigenvalue weighted by atomic mass is 15.1. The van der Waals surface area contributed by atoms with E-state index in [4.69, 9.17) is 4.98 Å². The largest absolute Gasteiger partial charge is 0.300 e. The van der Waals surface area contributed by atoms with Crippen molar-refractivity contribution in [1.29, 1.82) is 0 Å². The third kappa shape index (κ3) is 1.81. The molecule has 1 heterocycles. The molecule has 0 fully saturated rings. The molecule has 0 radical (unpaired) electrons. The number of aromatic nitrogens is 2. The molecule has 1 aliphatic carbocycles. The van der Waals surface area contributed by atoms with E-state index in [9.17, 15) is 0 Å². The zero-order chi connectivity index (χ0) is 14.5. The topological polar surface area (TPSA) is 17.8 Å². The van der Waals surface area contributed by atoms with Crippen molar-refractivity contribution in [3.63, 3.8) is 0 Å².